The molecule has 11 heteroatoms. The van der Waals surface area contributed by atoms with Crippen LogP contribution < -0.4 is 29.1 Å². The van der Waals surface area contributed by atoms with Crippen molar-refractivity contribution in [2.45, 2.75) is 26.5 Å². The van der Waals surface area contributed by atoms with Crippen LogP contribution in [0.1, 0.15) is 42.1 Å². The highest BCUT2D eigenvalue weighted by Gasteiger charge is 2.35. The zero-order valence-electron chi connectivity index (χ0n) is 26.9. The average molecular weight is 744 g/mol. The second kappa shape index (κ2) is 15.0. The molecule has 0 fully saturated rings. The van der Waals surface area contributed by atoms with E-state index in [1.54, 1.807) is 35.8 Å². The monoisotopic (exact) mass is 742 g/mol. The van der Waals surface area contributed by atoms with Crippen molar-refractivity contribution in [1.82, 2.24) is 4.57 Å². The maximum absolute atomic E-state index is 14.3. The van der Waals surface area contributed by atoms with Crippen LogP contribution in [0.15, 0.2) is 111 Å². The molecule has 6 rings (SSSR count). The van der Waals surface area contributed by atoms with Crippen LogP contribution in [0.5, 0.6) is 17.2 Å². The zero-order chi connectivity index (χ0) is 34.5. The van der Waals surface area contributed by atoms with E-state index < -0.39 is 12.0 Å². The summed E-state index contributed by atoms with van der Waals surface area (Å²) < 4.78 is 38.8. The number of thiazole rings is 1. The molecule has 0 bridgehead atoms. The van der Waals surface area contributed by atoms with Crippen molar-refractivity contribution in [2.24, 2.45) is 4.99 Å². The number of rotatable bonds is 11. The molecule has 0 amide bonds. The van der Waals surface area contributed by atoms with Gasteiger partial charge in [0.15, 0.2) is 16.3 Å². The van der Waals surface area contributed by atoms with Gasteiger partial charge in [-0.3, -0.25) is 9.36 Å². The molecule has 5 aromatic rings. The summed E-state index contributed by atoms with van der Waals surface area (Å²) in [5.41, 5.74) is 3.29. The Morgan fingerprint density at radius 3 is 2.39 bits per heavy atom. The third kappa shape index (κ3) is 7.23. The lowest BCUT2D eigenvalue weighted by molar-refractivity contribution is -0.138. The summed E-state index contributed by atoms with van der Waals surface area (Å²) in [6.45, 7) is 4.51. The zero-order valence-corrected chi connectivity index (χ0v) is 29.3. The minimum Gasteiger partial charge on any atom is -0.494 e. The van der Waals surface area contributed by atoms with Crippen LogP contribution in [0, 0.1) is 5.82 Å². The molecule has 4 aromatic carbocycles. The Hall–Kier alpha value is -5.00. The highest BCUT2D eigenvalue weighted by atomic mass is 79.9. The number of methoxy groups -OCH3 is 1. The number of ether oxygens (including phenoxy) is 4. The lowest BCUT2D eigenvalue weighted by Gasteiger charge is -2.26. The average Bonchev–Trinajstić information content (AvgIpc) is 3.42. The van der Waals surface area contributed by atoms with Gasteiger partial charge in [0, 0.05) is 5.56 Å². The van der Waals surface area contributed by atoms with Crippen molar-refractivity contribution in [1.29, 1.82) is 0 Å². The van der Waals surface area contributed by atoms with E-state index in [1.807, 2.05) is 67.6 Å². The molecule has 1 atom stereocenters. The first kappa shape index (κ1) is 33.9. The Morgan fingerprint density at radius 2 is 1.71 bits per heavy atom. The lowest BCUT2D eigenvalue weighted by atomic mass is 9.93. The topological polar surface area (TPSA) is 88.4 Å². The molecular formula is C38H32BrFN2O6S. The summed E-state index contributed by atoms with van der Waals surface area (Å²) in [6, 6.07) is 25.6. The van der Waals surface area contributed by atoms with Crippen LogP contribution >= 0.6 is 27.3 Å². The van der Waals surface area contributed by atoms with Crippen LogP contribution in [-0.2, 0) is 16.1 Å². The highest BCUT2D eigenvalue weighted by Crippen LogP contribution is 2.38. The van der Waals surface area contributed by atoms with Crippen LogP contribution in [0.2, 0.25) is 0 Å². The fourth-order valence-corrected chi connectivity index (χ4v) is 7.09. The number of hydrogen-bond acceptors (Lipinski definition) is 8. The quantitative estimate of drug-likeness (QED) is 0.138. The van der Waals surface area contributed by atoms with Crippen LogP contribution in [0.25, 0.3) is 11.8 Å². The third-order valence-corrected chi connectivity index (χ3v) is 9.30. The van der Waals surface area contributed by atoms with Gasteiger partial charge in [-0.2, -0.15) is 0 Å². The Balaban J connectivity index is 1.48. The summed E-state index contributed by atoms with van der Waals surface area (Å²) >= 11 is 4.81. The molecule has 0 unspecified atom stereocenters. The predicted molar refractivity (Wildman–Crippen MR) is 190 cm³/mol. The summed E-state index contributed by atoms with van der Waals surface area (Å²) in [6.07, 6.45) is 1.76. The van der Waals surface area contributed by atoms with E-state index in [1.165, 1.54) is 30.6 Å². The van der Waals surface area contributed by atoms with Crippen molar-refractivity contribution >= 4 is 45.0 Å². The van der Waals surface area contributed by atoms with Crippen molar-refractivity contribution in [2.75, 3.05) is 20.3 Å². The molecule has 0 spiro atoms. The number of carbonyl (C=O) groups excluding carboxylic acids is 1. The normalized spacial score (nSPS) is 14.2. The van der Waals surface area contributed by atoms with E-state index >= 15 is 0 Å². The molecule has 2 heterocycles. The molecule has 0 saturated carbocycles. The van der Waals surface area contributed by atoms with Crippen LogP contribution in [0.3, 0.4) is 0 Å². The van der Waals surface area contributed by atoms with Crippen molar-refractivity contribution in [3.8, 4) is 17.2 Å². The predicted octanol–water partition coefficient (Wildman–Crippen LogP) is 6.82. The molecule has 49 heavy (non-hydrogen) atoms. The van der Waals surface area contributed by atoms with Gasteiger partial charge in [-0.05, 0) is 88.9 Å². The SMILES string of the molecule is CCOC(=O)C1=C(c2ccccc2)N=c2s/c(=C\c3cc(Br)c(OCc4ccc(F)cc4)c(OC)c3)c(=O)n2[C@@H]1c1ccc(OCC)cc1. The van der Waals surface area contributed by atoms with E-state index in [-0.39, 0.29) is 30.2 Å². The molecule has 8 nitrogen and oxygen atoms in total. The number of halogens is 2. The van der Waals surface area contributed by atoms with E-state index in [0.717, 1.165) is 11.1 Å². The molecule has 1 aromatic heterocycles. The second-order valence-electron chi connectivity index (χ2n) is 10.9. The van der Waals surface area contributed by atoms with Gasteiger partial charge >= 0.3 is 5.97 Å². The number of carbonyl (C=O) groups is 1. The lowest BCUT2D eigenvalue weighted by Crippen LogP contribution is -2.40. The third-order valence-electron chi connectivity index (χ3n) is 7.73. The minimum absolute atomic E-state index is 0.158. The van der Waals surface area contributed by atoms with Gasteiger partial charge in [-0.25, -0.2) is 14.2 Å². The Morgan fingerprint density at radius 1 is 0.980 bits per heavy atom. The van der Waals surface area contributed by atoms with Gasteiger partial charge in [0.05, 0.1) is 46.6 Å². The standard InChI is InChI=1S/C38H32BrFN2O6S/c1-4-46-28-17-13-26(14-18-28)34-32(37(44)47-5-2)33(25-9-7-6-8-10-25)41-38-42(34)36(43)31(49-38)21-24-19-29(39)35(30(20-24)45-3)48-22-23-11-15-27(40)16-12-23/h6-21,34H,4-5,22H2,1-3H3/b31-21-/t34-/m1/s1. The van der Waals surface area contributed by atoms with Crippen molar-refractivity contribution in [3.05, 3.63) is 149 Å². The first-order valence-corrected chi connectivity index (χ1v) is 17.2. The smallest absolute Gasteiger partial charge is 0.338 e. The number of nitrogens with zero attached hydrogens (tertiary/aromatic N) is 2. The number of fused-ring (bicyclic) bond motifs is 1. The molecular weight excluding hydrogens is 711 g/mol. The van der Waals surface area contributed by atoms with E-state index in [0.29, 0.717) is 54.5 Å². The molecule has 0 saturated heterocycles. The summed E-state index contributed by atoms with van der Waals surface area (Å²) in [5.74, 6) is 0.707. The molecule has 0 radical (unpaired) electrons. The van der Waals surface area contributed by atoms with Gasteiger partial charge in [-0.15, -0.1) is 0 Å². The number of aromatic nitrogens is 1. The van der Waals surface area contributed by atoms with Crippen molar-refractivity contribution in [3.63, 3.8) is 0 Å². The minimum atomic E-state index is -0.813. The number of hydrogen-bond donors (Lipinski definition) is 0. The summed E-state index contributed by atoms with van der Waals surface area (Å²) in [7, 11) is 1.53. The van der Waals surface area contributed by atoms with Crippen LogP contribution in [0.4, 0.5) is 4.39 Å². The number of esters is 1. The van der Waals surface area contributed by atoms with Gasteiger partial charge in [0.25, 0.3) is 5.56 Å². The Kier molecular flexibility index (Phi) is 10.4. The highest BCUT2D eigenvalue weighted by molar-refractivity contribution is 9.10. The fraction of sp³-hybridized carbons (Fsp3) is 0.184. The van der Waals surface area contributed by atoms with E-state index in [2.05, 4.69) is 15.9 Å². The Bertz CT molecular complexity index is 2200. The fourth-order valence-electron chi connectivity index (χ4n) is 5.52. The van der Waals surface area contributed by atoms with Gasteiger partial charge in [0.2, 0.25) is 0 Å². The largest absolute Gasteiger partial charge is 0.494 e. The van der Waals surface area contributed by atoms with E-state index in [9.17, 15) is 14.0 Å². The van der Waals surface area contributed by atoms with E-state index in [4.69, 9.17) is 23.9 Å². The molecule has 250 valence electrons. The first-order chi connectivity index (χ1) is 23.8. The Labute approximate surface area is 294 Å². The first-order valence-electron chi connectivity index (χ1n) is 15.6. The molecule has 1 aliphatic heterocycles. The second-order valence-corrected chi connectivity index (χ2v) is 12.7. The molecule has 1 aliphatic rings. The summed E-state index contributed by atoms with van der Waals surface area (Å²) in [5, 5.41) is 0. The van der Waals surface area contributed by atoms with Gasteiger partial charge in [0.1, 0.15) is 18.2 Å². The molecule has 0 N–H and O–H groups in total. The van der Waals surface area contributed by atoms with Gasteiger partial charge in [-0.1, -0.05) is 65.9 Å². The summed E-state index contributed by atoms with van der Waals surface area (Å²) in [4.78, 5) is 33.4. The number of benzene rings is 4. The molecule has 0 aliphatic carbocycles. The van der Waals surface area contributed by atoms with Gasteiger partial charge < -0.3 is 18.9 Å². The van der Waals surface area contributed by atoms with Crippen LogP contribution in [-0.4, -0.2) is 30.9 Å². The maximum Gasteiger partial charge on any atom is 0.338 e. The maximum atomic E-state index is 14.3. The van der Waals surface area contributed by atoms with Crippen molar-refractivity contribution < 1.29 is 28.1 Å².